The van der Waals surface area contributed by atoms with Crippen LogP contribution in [0.25, 0.3) is 0 Å². The first kappa shape index (κ1) is 42.2. The summed E-state index contributed by atoms with van der Waals surface area (Å²) < 4.78 is 5.58. The van der Waals surface area contributed by atoms with E-state index in [1.807, 2.05) is 39.1 Å². The van der Waals surface area contributed by atoms with E-state index in [0.717, 1.165) is 41.4 Å². The van der Waals surface area contributed by atoms with E-state index in [4.69, 9.17) is 4.74 Å². The molecule has 7 N–H and O–H groups in total. The molecule has 1 spiro atoms. The van der Waals surface area contributed by atoms with E-state index in [-0.39, 0.29) is 48.8 Å². The van der Waals surface area contributed by atoms with Gasteiger partial charge in [0.2, 0.25) is 0 Å². The number of nitrogens with one attached hydrogen (secondary N) is 2. The summed E-state index contributed by atoms with van der Waals surface area (Å²) >= 11 is 0. The molecule has 0 radical (unpaired) electrons. The maximum atomic E-state index is 12.8. The number of aldehydes is 1. The van der Waals surface area contributed by atoms with Crippen LogP contribution in [0.4, 0.5) is 0 Å². The summed E-state index contributed by atoms with van der Waals surface area (Å²) in [4.78, 5) is 12.3. The molecule has 4 bridgehead atoms. The van der Waals surface area contributed by atoms with Gasteiger partial charge < -0.3 is 35.6 Å². The number of ether oxygens (including phenoxy) is 1. The van der Waals surface area contributed by atoms with Gasteiger partial charge in [-0.3, -0.25) is 10.1 Å². The highest BCUT2D eigenvalue weighted by Crippen LogP contribution is 2.67. The van der Waals surface area contributed by atoms with Crippen LogP contribution in [0.5, 0.6) is 0 Å². The maximum absolute atomic E-state index is 12.8. The molecule has 1 aromatic carbocycles. The van der Waals surface area contributed by atoms with Crippen molar-refractivity contribution >= 4 is 6.29 Å². The van der Waals surface area contributed by atoms with Gasteiger partial charge in [-0.15, -0.1) is 0 Å². The number of hydrogen-bond donors (Lipinski definition) is 7. The summed E-state index contributed by atoms with van der Waals surface area (Å²) in [6.45, 7) is 10.5. The summed E-state index contributed by atoms with van der Waals surface area (Å²) in [7, 11) is 1.86. The number of allylic oxidation sites excluding steroid dienone is 9. The fourth-order valence-corrected chi connectivity index (χ4v) is 10.3. The first-order valence-electron chi connectivity index (χ1n) is 19.9. The molecular formula is C45H64N2O7. The van der Waals surface area contributed by atoms with Crippen LogP contribution in [-0.4, -0.2) is 89.4 Å². The van der Waals surface area contributed by atoms with Crippen LogP contribution < -0.4 is 10.6 Å². The summed E-state index contributed by atoms with van der Waals surface area (Å²) in [5.41, 5.74) is 4.44. The molecule has 0 saturated heterocycles. The Hall–Kier alpha value is -2.99. The molecule has 5 rings (SSSR count). The molecule has 1 aromatic rings. The van der Waals surface area contributed by atoms with Crippen LogP contribution in [0.1, 0.15) is 70.4 Å². The van der Waals surface area contributed by atoms with Crippen molar-refractivity contribution in [2.24, 2.45) is 35.0 Å². The highest BCUT2D eigenvalue weighted by Gasteiger charge is 2.68. The van der Waals surface area contributed by atoms with E-state index in [2.05, 4.69) is 66.6 Å². The second kappa shape index (κ2) is 18.8. The molecule has 10 atom stereocenters. The van der Waals surface area contributed by atoms with Crippen LogP contribution in [0.2, 0.25) is 0 Å². The van der Waals surface area contributed by atoms with Crippen molar-refractivity contribution in [2.45, 2.75) is 96.1 Å². The number of carbonyl (C=O) groups excluding carboxylic acids is 1. The largest absolute Gasteiger partial charge is 0.396 e. The molecule has 2 fully saturated rings. The average molecular weight is 745 g/mol. The first-order valence-corrected chi connectivity index (χ1v) is 19.9. The first-order chi connectivity index (χ1) is 25.9. The SMILES string of the molecule is C=C(C=CC=C(COCO)[C@H]1CC[C@]2([C@@H]1O)[C@H]1C(=C(C)C=O)[C@@H](C=C[C@H]1CCO)C[C@]2(O)CCNC)[C@H]1CC=C(C)[C@@H](O)N[C@H](C)Cc2cccc(c2)C1. The fourth-order valence-electron chi connectivity index (χ4n) is 10.3. The Morgan fingerprint density at radius 2 is 1.93 bits per heavy atom. The van der Waals surface area contributed by atoms with Crippen molar-refractivity contribution in [1.29, 1.82) is 0 Å². The lowest BCUT2D eigenvalue weighted by molar-refractivity contribution is -0.194. The van der Waals surface area contributed by atoms with E-state index >= 15 is 0 Å². The van der Waals surface area contributed by atoms with Gasteiger partial charge in [-0.05, 0) is 131 Å². The monoisotopic (exact) mass is 744 g/mol. The van der Waals surface area contributed by atoms with Gasteiger partial charge in [0, 0.05) is 29.9 Å². The Labute approximate surface area is 322 Å². The van der Waals surface area contributed by atoms with Crippen LogP contribution in [0.3, 0.4) is 0 Å². The van der Waals surface area contributed by atoms with E-state index in [0.29, 0.717) is 50.6 Å². The summed E-state index contributed by atoms with van der Waals surface area (Å²) in [5, 5.41) is 62.7. The molecular weight excluding hydrogens is 681 g/mol. The molecule has 296 valence electrons. The smallest absolute Gasteiger partial charge is 0.145 e. The molecule has 0 unspecified atom stereocenters. The third-order valence-corrected chi connectivity index (χ3v) is 13.0. The molecule has 0 amide bonds. The van der Waals surface area contributed by atoms with E-state index in [9.17, 15) is 30.3 Å². The molecule has 3 aliphatic carbocycles. The van der Waals surface area contributed by atoms with Gasteiger partial charge in [-0.2, -0.15) is 0 Å². The van der Waals surface area contributed by atoms with Crippen LogP contribution in [-0.2, 0) is 22.4 Å². The van der Waals surface area contributed by atoms with Crippen LogP contribution >= 0.6 is 0 Å². The minimum absolute atomic E-state index is 0.0449. The summed E-state index contributed by atoms with van der Waals surface area (Å²) in [6, 6.07) is 8.73. The molecule has 1 aliphatic heterocycles. The number of aliphatic hydroxyl groups excluding tert-OH is 4. The molecule has 9 heteroatoms. The fraction of sp³-hybridized carbons (Fsp3) is 0.578. The van der Waals surface area contributed by atoms with Gasteiger partial charge >= 0.3 is 0 Å². The minimum Gasteiger partial charge on any atom is -0.396 e. The number of fused-ring (bicyclic) bond motifs is 5. The Morgan fingerprint density at radius 1 is 1.17 bits per heavy atom. The zero-order valence-corrected chi connectivity index (χ0v) is 32.7. The highest BCUT2D eigenvalue weighted by atomic mass is 16.6. The second-order valence-electron chi connectivity index (χ2n) is 16.4. The normalized spacial score (nSPS) is 35.4. The van der Waals surface area contributed by atoms with Crippen molar-refractivity contribution in [3.63, 3.8) is 0 Å². The van der Waals surface area contributed by atoms with E-state index < -0.39 is 30.1 Å². The number of rotatable bonds is 13. The van der Waals surface area contributed by atoms with Crippen molar-refractivity contribution in [3.05, 3.63) is 106 Å². The Morgan fingerprint density at radius 3 is 2.63 bits per heavy atom. The maximum Gasteiger partial charge on any atom is 0.145 e. The third kappa shape index (κ3) is 8.85. The van der Waals surface area contributed by atoms with Gasteiger partial charge in [0.1, 0.15) is 19.3 Å². The minimum atomic E-state index is -1.24. The topological polar surface area (TPSA) is 152 Å². The molecule has 2 saturated carbocycles. The second-order valence-corrected chi connectivity index (χ2v) is 16.4. The number of aliphatic hydroxyl groups is 5. The lowest BCUT2D eigenvalue weighted by Crippen LogP contribution is -2.65. The standard InChI is InChI=1S/C45H64N2O7/c1-29(36-13-12-30(2)43(52)47-32(4)22-33-9-7-10-34(23-33)24-36)8-6-11-38(27-54-28-50)39-16-18-45(42(39)51)41-35(17-21-48)14-15-37(40(41)31(3)26-49)25-44(45,53)19-20-46-5/h6-12,14-15,23,26,32,35-37,39,41-43,46-48,50-53H,1,13,16-22,24-25,27-28H2,2-5H3/t32-,35+,36+,37+,39-,41-,42-,43-,44-,45-/m1/s1. The van der Waals surface area contributed by atoms with Crippen molar-refractivity contribution in [2.75, 3.05) is 33.6 Å². The number of carbonyl (C=O) groups is 1. The average Bonchev–Trinajstić information content (AvgIpc) is 3.50. The zero-order valence-electron chi connectivity index (χ0n) is 32.7. The lowest BCUT2D eigenvalue weighted by Gasteiger charge is -2.61. The predicted molar refractivity (Wildman–Crippen MR) is 213 cm³/mol. The Balaban J connectivity index is 1.49. The highest BCUT2D eigenvalue weighted by molar-refractivity contribution is 5.74. The molecule has 9 nitrogen and oxygen atoms in total. The predicted octanol–water partition coefficient (Wildman–Crippen LogP) is 4.86. The van der Waals surface area contributed by atoms with Crippen molar-refractivity contribution in [3.8, 4) is 0 Å². The summed E-state index contributed by atoms with van der Waals surface area (Å²) in [6.07, 6.45) is 16.1. The van der Waals surface area contributed by atoms with Gasteiger partial charge in [-0.25, -0.2) is 0 Å². The quantitative estimate of drug-likeness (QED) is 0.0494. The van der Waals surface area contributed by atoms with Crippen molar-refractivity contribution < 1.29 is 35.1 Å². The van der Waals surface area contributed by atoms with Crippen molar-refractivity contribution in [1.82, 2.24) is 10.6 Å². The van der Waals surface area contributed by atoms with Crippen LogP contribution in [0.15, 0.2) is 95.2 Å². The van der Waals surface area contributed by atoms with E-state index in [1.54, 1.807) is 0 Å². The number of hydrogen-bond acceptors (Lipinski definition) is 9. The van der Waals surface area contributed by atoms with Crippen LogP contribution in [0, 0.1) is 35.0 Å². The Kier molecular flexibility index (Phi) is 14.6. The third-order valence-electron chi connectivity index (χ3n) is 13.0. The molecule has 0 aromatic heterocycles. The summed E-state index contributed by atoms with van der Waals surface area (Å²) in [5.74, 6) is -0.913. The molecule has 4 aliphatic rings. The zero-order chi connectivity index (χ0) is 39.0. The molecule has 1 heterocycles. The van der Waals surface area contributed by atoms with Gasteiger partial charge in [0.05, 0.1) is 18.3 Å². The molecule has 54 heavy (non-hydrogen) atoms. The Bertz CT molecular complexity index is 1630. The van der Waals surface area contributed by atoms with Gasteiger partial charge in [0.25, 0.3) is 0 Å². The van der Waals surface area contributed by atoms with Gasteiger partial charge in [0.15, 0.2) is 0 Å². The number of benzene rings is 1. The van der Waals surface area contributed by atoms with Gasteiger partial charge in [-0.1, -0.05) is 78.4 Å². The van der Waals surface area contributed by atoms with E-state index in [1.165, 1.54) is 11.1 Å². The lowest BCUT2D eigenvalue weighted by atomic mass is 9.45.